The van der Waals surface area contributed by atoms with E-state index >= 15 is 0 Å². The molecule has 1 aliphatic rings. The molecular formula is C16H19N3O2. The second-order valence-electron chi connectivity index (χ2n) is 5.45. The second kappa shape index (κ2) is 5.68. The molecule has 1 aromatic heterocycles. The molecule has 21 heavy (non-hydrogen) atoms. The van der Waals surface area contributed by atoms with Gasteiger partial charge in [-0.1, -0.05) is 25.0 Å². The number of aromatic nitrogens is 2. The number of fused-ring (bicyclic) bond motifs is 1. The van der Waals surface area contributed by atoms with Gasteiger partial charge in [0.25, 0.3) is 11.5 Å². The summed E-state index contributed by atoms with van der Waals surface area (Å²) in [7, 11) is 0. The number of rotatable bonds is 3. The normalized spacial score (nSPS) is 15.5. The van der Waals surface area contributed by atoms with Gasteiger partial charge in [0.05, 0.1) is 11.0 Å². The molecule has 0 bridgehead atoms. The monoisotopic (exact) mass is 285 g/mol. The zero-order valence-corrected chi connectivity index (χ0v) is 12.1. The fourth-order valence-corrected chi connectivity index (χ4v) is 2.98. The van der Waals surface area contributed by atoms with E-state index in [0.717, 1.165) is 31.2 Å². The zero-order chi connectivity index (χ0) is 14.8. The minimum Gasteiger partial charge on any atom is -0.348 e. The highest BCUT2D eigenvalue weighted by atomic mass is 16.2. The fourth-order valence-electron chi connectivity index (χ4n) is 2.98. The number of hydrogen-bond donors (Lipinski definition) is 1. The van der Waals surface area contributed by atoms with E-state index in [1.807, 2.05) is 31.2 Å². The molecule has 1 fully saturated rings. The van der Waals surface area contributed by atoms with Crippen molar-refractivity contribution in [2.45, 2.75) is 45.2 Å². The highest BCUT2D eigenvalue weighted by Crippen LogP contribution is 2.18. The number of para-hydroxylation sites is 2. The first-order valence-electron chi connectivity index (χ1n) is 7.51. The first-order chi connectivity index (χ1) is 10.2. The van der Waals surface area contributed by atoms with Gasteiger partial charge in [0.1, 0.15) is 0 Å². The Kier molecular flexibility index (Phi) is 3.73. The van der Waals surface area contributed by atoms with Crippen LogP contribution in [-0.2, 0) is 6.54 Å². The van der Waals surface area contributed by atoms with Crippen LogP contribution in [0, 0.1) is 0 Å². The van der Waals surface area contributed by atoms with Gasteiger partial charge in [0.15, 0.2) is 5.69 Å². The summed E-state index contributed by atoms with van der Waals surface area (Å²) in [5.41, 5.74) is 1.13. The van der Waals surface area contributed by atoms with E-state index in [1.165, 1.54) is 0 Å². The summed E-state index contributed by atoms with van der Waals surface area (Å²) >= 11 is 0. The SMILES string of the molecule is CCn1c(=O)c(C(=O)NC2CCCC2)nc2ccccc21. The van der Waals surface area contributed by atoms with Gasteiger partial charge in [0, 0.05) is 12.6 Å². The molecule has 0 radical (unpaired) electrons. The van der Waals surface area contributed by atoms with Crippen molar-refractivity contribution in [1.29, 1.82) is 0 Å². The van der Waals surface area contributed by atoms with E-state index in [-0.39, 0.29) is 23.2 Å². The molecule has 1 saturated carbocycles. The van der Waals surface area contributed by atoms with Crippen molar-refractivity contribution in [2.24, 2.45) is 0 Å². The van der Waals surface area contributed by atoms with Crippen molar-refractivity contribution in [3.8, 4) is 0 Å². The number of nitrogens with one attached hydrogen (secondary N) is 1. The standard InChI is InChI=1S/C16H19N3O2/c1-2-19-13-10-6-5-9-12(13)18-14(16(19)21)15(20)17-11-7-3-4-8-11/h5-6,9-11H,2-4,7-8H2,1H3,(H,17,20). The van der Waals surface area contributed by atoms with Gasteiger partial charge in [0.2, 0.25) is 0 Å². The molecule has 0 atom stereocenters. The lowest BCUT2D eigenvalue weighted by atomic mass is 10.2. The fraction of sp³-hybridized carbons (Fsp3) is 0.438. The average molecular weight is 285 g/mol. The Hall–Kier alpha value is -2.17. The number of hydrogen-bond acceptors (Lipinski definition) is 3. The van der Waals surface area contributed by atoms with Crippen LogP contribution in [0.1, 0.15) is 43.1 Å². The summed E-state index contributed by atoms with van der Waals surface area (Å²) in [5.74, 6) is -0.347. The Morgan fingerprint density at radius 2 is 2.05 bits per heavy atom. The van der Waals surface area contributed by atoms with E-state index in [9.17, 15) is 9.59 Å². The maximum Gasteiger partial charge on any atom is 0.282 e. The number of benzene rings is 1. The molecule has 5 nitrogen and oxygen atoms in total. The predicted octanol–water partition coefficient (Wildman–Crippen LogP) is 2.09. The molecule has 1 aromatic carbocycles. The Bertz CT molecular complexity index is 730. The maximum absolute atomic E-state index is 12.5. The molecule has 2 aromatic rings. The number of carbonyl (C=O) groups excluding carboxylic acids is 1. The predicted molar refractivity (Wildman–Crippen MR) is 81.4 cm³/mol. The van der Waals surface area contributed by atoms with Gasteiger partial charge in [-0.25, -0.2) is 4.98 Å². The van der Waals surface area contributed by atoms with Gasteiger partial charge in [-0.15, -0.1) is 0 Å². The van der Waals surface area contributed by atoms with Crippen LogP contribution in [0.2, 0.25) is 0 Å². The molecule has 1 aliphatic carbocycles. The quantitative estimate of drug-likeness (QED) is 0.939. The van der Waals surface area contributed by atoms with Crippen molar-refractivity contribution in [2.75, 3.05) is 0 Å². The lowest BCUT2D eigenvalue weighted by molar-refractivity contribution is 0.0931. The third kappa shape index (κ3) is 2.55. The van der Waals surface area contributed by atoms with Crippen molar-refractivity contribution in [3.05, 3.63) is 40.3 Å². The van der Waals surface area contributed by atoms with Gasteiger partial charge in [-0.05, 0) is 31.9 Å². The van der Waals surface area contributed by atoms with Crippen LogP contribution in [0.3, 0.4) is 0 Å². The minimum absolute atomic E-state index is 0.00227. The summed E-state index contributed by atoms with van der Waals surface area (Å²) in [6.45, 7) is 2.41. The zero-order valence-electron chi connectivity index (χ0n) is 12.1. The molecule has 1 N–H and O–H groups in total. The Morgan fingerprint density at radius 3 is 2.76 bits per heavy atom. The number of carbonyl (C=O) groups is 1. The molecular weight excluding hydrogens is 266 g/mol. The molecule has 1 heterocycles. The van der Waals surface area contributed by atoms with Crippen molar-refractivity contribution in [1.82, 2.24) is 14.9 Å². The van der Waals surface area contributed by atoms with E-state index in [2.05, 4.69) is 10.3 Å². The van der Waals surface area contributed by atoms with E-state index < -0.39 is 0 Å². The smallest absolute Gasteiger partial charge is 0.282 e. The Labute approximate surface area is 123 Å². The third-order valence-corrected chi connectivity index (χ3v) is 4.07. The molecule has 0 unspecified atom stereocenters. The van der Waals surface area contributed by atoms with Crippen LogP contribution in [0.5, 0.6) is 0 Å². The second-order valence-corrected chi connectivity index (χ2v) is 5.45. The summed E-state index contributed by atoms with van der Waals surface area (Å²) in [6, 6.07) is 7.59. The molecule has 1 amide bonds. The molecule has 0 aliphatic heterocycles. The summed E-state index contributed by atoms with van der Waals surface area (Å²) in [6.07, 6.45) is 4.24. The van der Waals surface area contributed by atoms with Crippen molar-refractivity contribution < 1.29 is 4.79 Å². The van der Waals surface area contributed by atoms with Crippen LogP contribution in [-0.4, -0.2) is 21.5 Å². The van der Waals surface area contributed by atoms with E-state index in [0.29, 0.717) is 12.1 Å². The third-order valence-electron chi connectivity index (χ3n) is 4.07. The lowest BCUT2D eigenvalue weighted by Gasteiger charge is -2.13. The van der Waals surface area contributed by atoms with Crippen LogP contribution in [0.15, 0.2) is 29.1 Å². The first kappa shape index (κ1) is 13.8. The summed E-state index contributed by atoms with van der Waals surface area (Å²) < 4.78 is 1.60. The average Bonchev–Trinajstić information content (AvgIpc) is 2.99. The molecule has 3 rings (SSSR count). The van der Waals surface area contributed by atoms with Crippen LogP contribution in [0.4, 0.5) is 0 Å². The summed E-state index contributed by atoms with van der Waals surface area (Å²) in [4.78, 5) is 29.1. The molecule has 5 heteroatoms. The highest BCUT2D eigenvalue weighted by Gasteiger charge is 2.22. The Balaban J connectivity index is 2.03. The lowest BCUT2D eigenvalue weighted by Crippen LogP contribution is -2.38. The number of nitrogens with zero attached hydrogens (tertiary/aromatic N) is 2. The molecule has 0 saturated heterocycles. The van der Waals surface area contributed by atoms with Crippen molar-refractivity contribution in [3.63, 3.8) is 0 Å². The topological polar surface area (TPSA) is 64.0 Å². The van der Waals surface area contributed by atoms with E-state index in [4.69, 9.17) is 0 Å². The van der Waals surface area contributed by atoms with E-state index in [1.54, 1.807) is 4.57 Å². The van der Waals surface area contributed by atoms with Crippen LogP contribution >= 0.6 is 0 Å². The Morgan fingerprint density at radius 1 is 1.33 bits per heavy atom. The van der Waals surface area contributed by atoms with Gasteiger partial charge < -0.3 is 9.88 Å². The van der Waals surface area contributed by atoms with Crippen molar-refractivity contribution >= 4 is 16.9 Å². The van der Waals surface area contributed by atoms with Gasteiger partial charge in [-0.3, -0.25) is 9.59 Å². The molecule has 0 spiro atoms. The molecule has 110 valence electrons. The number of aryl methyl sites for hydroxylation is 1. The van der Waals surface area contributed by atoms with Gasteiger partial charge >= 0.3 is 0 Å². The summed E-state index contributed by atoms with van der Waals surface area (Å²) in [5, 5.41) is 2.94. The number of amides is 1. The van der Waals surface area contributed by atoms with Gasteiger partial charge in [-0.2, -0.15) is 0 Å². The minimum atomic E-state index is -0.347. The highest BCUT2D eigenvalue weighted by molar-refractivity contribution is 5.94. The first-order valence-corrected chi connectivity index (χ1v) is 7.51. The maximum atomic E-state index is 12.5. The van der Waals surface area contributed by atoms with Crippen LogP contribution in [0.25, 0.3) is 11.0 Å². The van der Waals surface area contributed by atoms with Crippen LogP contribution < -0.4 is 10.9 Å². The largest absolute Gasteiger partial charge is 0.348 e.